The molecule has 0 aliphatic heterocycles. The van der Waals surface area contributed by atoms with Crippen LogP contribution in [-0.2, 0) is 0 Å². The van der Waals surface area contributed by atoms with Gasteiger partial charge in [0.2, 0.25) is 0 Å². The predicted molar refractivity (Wildman–Crippen MR) is 71.7 cm³/mol. The van der Waals surface area contributed by atoms with Crippen LogP contribution in [0, 0.1) is 10.1 Å². The summed E-state index contributed by atoms with van der Waals surface area (Å²) in [4.78, 5) is 21.5. The van der Waals surface area contributed by atoms with Gasteiger partial charge in [0.1, 0.15) is 0 Å². The third-order valence-corrected chi connectivity index (χ3v) is 3.74. The van der Waals surface area contributed by atoms with E-state index in [1.165, 1.54) is 6.07 Å². The molecule has 1 aromatic rings. The molecule has 108 valence electrons. The number of carboxylic acids is 1. The molecular weight excluding hydrogens is 264 g/mol. The molecule has 0 atom stereocenters. The van der Waals surface area contributed by atoms with Crippen LogP contribution in [-0.4, -0.2) is 27.2 Å². The number of anilines is 1. The standard InChI is InChI=1S/C13H16N2O5/c14-11-6-8(15(19)20)5-10(13(17)18)12(11)7-1-3-9(16)4-2-7/h5-7,9,16H,1-4,14H2,(H,17,18). The number of aliphatic hydroxyl groups is 1. The van der Waals surface area contributed by atoms with Crippen LogP contribution < -0.4 is 5.73 Å². The number of nitro benzene ring substituents is 1. The van der Waals surface area contributed by atoms with Gasteiger partial charge in [0, 0.05) is 17.8 Å². The Labute approximate surface area is 115 Å². The van der Waals surface area contributed by atoms with Crippen molar-refractivity contribution < 1.29 is 19.9 Å². The van der Waals surface area contributed by atoms with Crippen LogP contribution in [0.1, 0.15) is 47.5 Å². The van der Waals surface area contributed by atoms with Crippen molar-refractivity contribution in [3.63, 3.8) is 0 Å². The van der Waals surface area contributed by atoms with Gasteiger partial charge in [0.15, 0.2) is 0 Å². The van der Waals surface area contributed by atoms with Crippen LogP contribution >= 0.6 is 0 Å². The van der Waals surface area contributed by atoms with E-state index in [4.69, 9.17) is 5.73 Å². The van der Waals surface area contributed by atoms with Gasteiger partial charge in [-0.2, -0.15) is 0 Å². The molecule has 1 saturated carbocycles. The number of rotatable bonds is 3. The highest BCUT2D eigenvalue weighted by Crippen LogP contribution is 2.39. The highest BCUT2D eigenvalue weighted by atomic mass is 16.6. The molecule has 0 spiro atoms. The Morgan fingerprint density at radius 2 is 1.90 bits per heavy atom. The topological polar surface area (TPSA) is 127 Å². The minimum atomic E-state index is -1.22. The van der Waals surface area contributed by atoms with Gasteiger partial charge in [-0.3, -0.25) is 10.1 Å². The lowest BCUT2D eigenvalue weighted by atomic mass is 9.80. The average Bonchev–Trinajstić information content (AvgIpc) is 2.39. The Hall–Kier alpha value is -2.15. The van der Waals surface area contributed by atoms with E-state index in [1.54, 1.807) is 0 Å². The Morgan fingerprint density at radius 1 is 1.30 bits per heavy atom. The van der Waals surface area contributed by atoms with Gasteiger partial charge in [-0.25, -0.2) is 4.79 Å². The first-order valence-corrected chi connectivity index (χ1v) is 6.39. The van der Waals surface area contributed by atoms with Gasteiger partial charge in [-0.1, -0.05) is 0 Å². The minimum Gasteiger partial charge on any atom is -0.478 e. The molecule has 1 aliphatic carbocycles. The zero-order valence-electron chi connectivity index (χ0n) is 10.8. The molecule has 1 fully saturated rings. The highest BCUT2D eigenvalue weighted by molar-refractivity contribution is 5.92. The summed E-state index contributed by atoms with van der Waals surface area (Å²) in [7, 11) is 0. The number of hydrogen-bond donors (Lipinski definition) is 3. The van der Waals surface area contributed by atoms with Gasteiger partial charge < -0.3 is 15.9 Å². The molecule has 1 aliphatic rings. The van der Waals surface area contributed by atoms with Gasteiger partial charge in [0.05, 0.1) is 16.6 Å². The molecule has 20 heavy (non-hydrogen) atoms. The van der Waals surface area contributed by atoms with Crippen LogP contribution in [0.5, 0.6) is 0 Å². The van der Waals surface area contributed by atoms with Crippen molar-refractivity contribution in [3.05, 3.63) is 33.4 Å². The number of non-ortho nitro benzene ring substituents is 1. The van der Waals surface area contributed by atoms with Crippen molar-refractivity contribution in [2.24, 2.45) is 0 Å². The fourth-order valence-corrected chi connectivity index (χ4v) is 2.76. The van der Waals surface area contributed by atoms with Crippen LogP contribution in [0.4, 0.5) is 11.4 Å². The van der Waals surface area contributed by atoms with Gasteiger partial charge in [-0.15, -0.1) is 0 Å². The van der Waals surface area contributed by atoms with Gasteiger partial charge >= 0.3 is 5.97 Å². The summed E-state index contributed by atoms with van der Waals surface area (Å²) in [6, 6.07) is 2.26. The molecule has 0 radical (unpaired) electrons. The van der Waals surface area contributed by atoms with Crippen molar-refractivity contribution >= 4 is 17.3 Å². The lowest BCUT2D eigenvalue weighted by molar-refractivity contribution is -0.384. The number of nitrogen functional groups attached to an aromatic ring is 1. The zero-order chi connectivity index (χ0) is 14.9. The Morgan fingerprint density at radius 3 is 2.40 bits per heavy atom. The predicted octanol–water partition coefficient (Wildman–Crippen LogP) is 1.89. The van der Waals surface area contributed by atoms with Crippen LogP contribution in [0.25, 0.3) is 0 Å². The lowest BCUT2D eigenvalue weighted by Crippen LogP contribution is -2.20. The van der Waals surface area contributed by atoms with Crippen molar-refractivity contribution in [2.75, 3.05) is 5.73 Å². The molecule has 0 aromatic heterocycles. The van der Waals surface area contributed by atoms with Crippen LogP contribution in [0.15, 0.2) is 12.1 Å². The van der Waals surface area contributed by atoms with Crippen molar-refractivity contribution in [2.45, 2.75) is 37.7 Å². The SMILES string of the molecule is Nc1cc([N+](=O)[O-])cc(C(=O)O)c1C1CCC(O)CC1. The van der Waals surface area contributed by atoms with E-state index in [0.29, 0.717) is 31.2 Å². The summed E-state index contributed by atoms with van der Waals surface area (Å²) in [5.74, 6) is -1.30. The lowest BCUT2D eigenvalue weighted by Gasteiger charge is -2.27. The van der Waals surface area contributed by atoms with Crippen LogP contribution in [0.3, 0.4) is 0 Å². The molecule has 7 heteroatoms. The second-order valence-electron chi connectivity index (χ2n) is 5.06. The maximum atomic E-state index is 11.3. The number of nitrogens with two attached hydrogens (primary N) is 1. The second kappa shape index (κ2) is 5.46. The summed E-state index contributed by atoms with van der Waals surface area (Å²) >= 11 is 0. The summed E-state index contributed by atoms with van der Waals surface area (Å²) in [6.07, 6.45) is 2.06. The maximum absolute atomic E-state index is 11.3. The number of carboxylic acid groups (broad SMARTS) is 1. The Bertz CT molecular complexity index is 550. The quantitative estimate of drug-likeness (QED) is 0.441. The smallest absolute Gasteiger partial charge is 0.336 e. The fraction of sp³-hybridized carbons (Fsp3) is 0.462. The number of aliphatic hydroxyl groups excluding tert-OH is 1. The van der Waals surface area contributed by atoms with E-state index in [2.05, 4.69) is 0 Å². The van der Waals surface area contributed by atoms with Crippen molar-refractivity contribution in [1.82, 2.24) is 0 Å². The monoisotopic (exact) mass is 280 g/mol. The molecule has 0 amide bonds. The number of nitro groups is 1. The van der Waals surface area contributed by atoms with Crippen molar-refractivity contribution in [1.29, 1.82) is 0 Å². The maximum Gasteiger partial charge on any atom is 0.336 e. The molecule has 0 saturated heterocycles. The van der Waals surface area contributed by atoms with E-state index in [0.717, 1.165) is 6.07 Å². The molecular formula is C13H16N2O5. The molecule has 7 nitrogen and oxygen atoms in total. The number of carbonyl (C=O) groups is 1. The summed E-state index contributed by atoms with van der Waals surface area (Å²) < 4.78 is 0. The summed E-state index contributed by atoms with van der Waals surface area (Å²) in [5, 5.41) is 29.5. The summed E-state index contributed by atoms with van der Waals surface area (Å²) in [6.45, 7) is 0. The third kappa shape index (κ3) is 2.72. The molecule has 2 rings (SSSR count). The third-order valence-electron chi connectivity index (χ3n) is 3.74. The molecule has 0 bridgehead atoms. The van der Waals surface area contributed by atoms with Gasteiger partial charge in [-0.05, 0) is 37.2 Å². The van der Waals surface area contributed by atoms with Crippen LogP contribution in [0.2, 0.25) is 0 Å². The second-order valence-corrected chi connectivity index (χ2v) is 5.06. The number of hydrogen-bond acceptors (Lipinski definition) is 5. The molecule has 4 N–H and O–H groups in total. The number of nitrogens with zero attached hydrogens (tertiary/aromatic N) is 1. The first kappa shape index (κ1) is 14.3. The highest BCUT2D eigenvalue weighted by Gasteiger charge is 2.28. The van der Waals surface area contributed by atoms with E-state index in [1.807, 2.05) is 0 Å². The minimum absolute atomic E-state index is 0.0784. The van der Waals surface area contributed by atoms with E-state index in [-0.39, 0.29) is 29.0 Å². The largest absolute Gasteiger partial charge is 0.478 e. The molecule has 1 aromatic carbocycles. The van der Waals surface area contributed by atoms with Gasteiger partial charge in [0.25, 0.3) is 5.69 Å². The molecule has 0 unspecified atom stereocenters. The Kier molecular flexibility index (Phi) is 3.89. The van der Waals surface area contributed by atoms with E-state index < -0.39 is 10.9 Å². The zero-order valence-corrected chi connectivity index (χ0v) is 10.8. The average molecular weight is 280 g/mol. The first-order valence-electron chi connectivity index (χ1n) is 6.39. The van der Waals surface area contributed by atoms with E-state index in [9.17, 15) is 25.1 Å². The number of aromatic carboxylic acids is 1. The fourth-order valence-electron chi connectivity index (χ4n) is 2.76. The summed E-state index contributed by atoms with van der Waals surface area (Å²) in [5.41, 5.74) is 5.99. The molecule has 0 heterocycles. The number of benzene rings is 1. The van der Waals surface area contributed by atoms with Crippen molar-refractivity contribution in [3.8, 4) is 0 Å². The first-order chi connectivity index (χ1) is 9.40. The Balaban J connectivity index is 2.46. The van der Waals surface area contributed by atoms with E-state index >= 15 is 0 Å². The normalized spacial score (nSPS) is 22.4.